The van der Waals surface area contributed by atoms with Gasteiger partial charge >= 0.3 is 11.9 Å². The first-order chi connectivity index (χ1) is 8.74. The number of esters is 2. The number of halogens is 1. The quantitative estimate of drug-likeness (QED) is 0.680. The summed E-state index contributed by atoms with van der Waals surface area (Å²) in [5, 5.41) is 0.0264. The van der Waals surface area contributed by atoms with Crippen molar-refractivity contribution in [3.63, 3.8) is 0 Å². The van der Waals surface area contributed by atoms with Crippen LogP contribution in [0.2, 0.25) is 5.02 Å². The lowest BCUT2D eigenvalue weighted by Gasteiger charge is -2.20. The molecule has 1 aromatic carbocycles. The molecule has 0 aliphatic carbocycles. The molecule has 0 unspecified atom stereocenters. The first kappa shape index (κ1) is 15.5. The van der Waals surface area contributed by atoms with Crippen LogP contribution < -0.4 is 10.5 Å². The van der Waals surface area contributed by atoms with E-state index in [2.05, 4.69) is 0 Å². The highest BCUT2D eigenvalue weighted by molar-refractivity contribution is 6.35. The molecule has 0 aromatic heterocycles. The Labute approximate surface area is 116 Å². The van der Waals surface area contributed by atoms with Crippen molar-refractivity contribution >= 4 is 23.5 Å². The molecule has 0 fully saturated rings. The third kappa shape index (κ3) is 4.54. The largest absolute Gasteiger partial charge is 0.456 e. The predicted octanol–water partition coefficient (Wildman–Crippen LogP) is 2.16. The molecule has 0 heterocycles. The van der Waals surface area contributed by atoms with E-state index in [1.54, 1.807) is 26.8 Å². The van der Waals surface area contributed by atoms with Gasteiger partial charge in [-0.25, -0.2) is 4.79 Å². The first-order valence-electron chi connectivity index (χ1n) is 5.67. The second kappa shape index (κ2) is 6.04. The molecule has 0 saturated heterocycles. The Bertz CT molecular complexity index is 494. The van der Waals surface area contributed by atoms with Crippen LogP contribution in [0.15, 0.2) is 18.2 Å². The smallest absolute Gasteiger partial charge is 0.340 e. The zero-order valence-corrected chi connectivity index (χ0v) is 11.8. The maximum Gasteiger partial charge on any atom is 0.340 e. The fourth-order valence-electron chi connectivity index (χ4n) is 1.24. The molecule has 5 nitrogen and oxygen atoms in total. The summed E-state index contributed by atoms with van der Waals surface area (Å²) in [4.78, 5) is 23.0. The minimum atomic E-state index is -0.636. The van der Waals surface area contributed by atoms with Gasteiger partial charge < -0.3 is 15.2 Å². The third-order valence-electron chi connectivity index (χ3n) is 1.97. The molecule has 0 amide bonds. The van der Waals surface area contributed by atoms with Gasteiger partial charge in [0.05, 0.1) is 17.1 Å². The average molecular weight is 286 g/mol. The zero-order chi connectivity index (χ0) is 14.6. The van der Waals surface area contributed by atoms with Gasteiger partial charge in [-0.15, -0.1) is 0 Å². The average Bonchev–Trinajstić information content (AvgIpc) is 2.29. The Balaban J connectivity index is 3.00. The van der Waals surface area contributed by atoms with Gasteiger partial charge in [-0.05, 0) is 32.9 Å². The molecule has 1 aromatic rings. The summed E-state index contributed by atoms with van der Waals surface area (Å²) in [6, 6.07) is 4.52. The van der Waals surface area contributed by atoms with Crippen LogP contribution in [0.4, 0.5) is 0 Å². The number of benzene rings is 1. The van der Waals surface area contributed by atoms with Gasteiger partial charge in [0.25, 0.3) is 0 Å². The number of rotatable bonds is 3. The van der Waals surface area contributed by atoms with Gasteiger partial charge in [0.2, 0.25) is 0 Å². The van der Waals surface area contributed by atoms with E-state index in [0.29, 0.717) is 0 Å². The fourth-order valence-corrected chi connectivity index (χ4v) is 1.49. The molecule has 2 N–H and O–H groups in total. The Morgan fingerprint density at radius 3 is 2.47 bits per heavy atom. The molecule has 0 aliphatic heterocycles. The first-order valence-corrected chi connectivity index (χ1v) is 6.05. The van der Waals surface area contributed by atoms with Crippen LogP contribution in [0.25, 0.3) is 0 Å². The summed E-state index contributed by atoms with van der Waals surface area (Å²) >= 11 is 6.01. The molecule has 1 rings (SSSR count). The van der Waals surface area contributed by atoms with Gasteiger partial charge in [-0.2, -0.15) is 0 Å². The van der Waals surface area contributed by atoms with Gasteiger partial charge in [-0.1, -0.05) is 17.7 Å². The van der Waals surface area contributed by atoms with E-state index in [-0.39, 0.29) is 22.9 Å². The van der Waals surface area contributed by atoms with E-state index >= 15 is 0 Å². The maximum atomic E-state index is 11.9. The molecule has 19 heavy (non-hydrogen) atoms. The number of hydrogen-bond acceptors (Lipinski definition) is 5. The van der Waals surface area contributed by atoms with Crippen LogP contribution in [-0.4, -0.2) is 24.1 Å². The highest BCUT2D eigenvalue weighted by Gasteiger charge is 2.22. The predicted molar refractivity (Wildman–Crippen MR) is 71.3 cm³/mol. The Morgan fingerprint density at radius 2 is 1.95 bits per heavy atom. The van der Waals surface area contributed by atoms with E-state index in [1.807, 2.05) is 0 Å². The summed E-state index contributed by atoms with van der Waals surface area (Å²) < 4.78 is 10.1. The summed E-state index contributed by atoms with van der Waals surface area (Å²) in [5.41, 5.74) is 4.65. The fraction of sp³-hybridized carbons (Fsp3) is 0.385. The number of carbonyl (C=O) groups excluding carboxylic acids is 2. The molecule has 0 atom stereocenters. The Kier molecular flexibility index (Phi) is 4.91. The number of ether oxygens (including phenoxy) is 2. The normalized spacial score (nSPS) is 11.0. The van der Waals surface area contributed by atoms with Crippen molar-refractivity contribution in [2.45, 2.75) is 26.4 Å². The van der Waals surface area contributed by atoms with Gasteiger partial charge in [0.15, 0.2) is 0 Å². The van der Waals surface area contributed by atoms with Crippen molar-refractivity contribution in [1.29, 1.82) is 0 Å². The summed E-state index contributed by atoms with van der Waals surface area (Å²) in [7, 11) is 0. The second-order valence-electron chi connectivity index (χ2n) is 4.80. The second-order valence-corrected chi connectivity index (χ2v) is 5.18. The SMILES string of the molecule is CC(C)(C)OC(=O)c1cccc(OC(=O)CN)c1Cl. The molecule has 0 radical (unpaired) electrons. The van der Waals surface area contributed by atoms with E-state index in [9.17, 15) is 9.59 Å². The molecule has 104 valence electrons. The number of carbonyl (C=O) groups is 2. The molecule has 0 saturated carbocycles. The topological polar surface area (TPSA) is 78.6 Å². The highest BCUT2D eigenvalue weighted by Crippen LogP contribution is 2.29. The van der Waals surface area contributed by atoms with Crippen molar-refractivity contribution in [3.05, 3.63) is 28.8 Å². The van der Waals surface area contributed by atoms with Gasteiger partial charge in [0.1, 0.15) is 11.4 Å². The molecule has 0 aliphatic rings. The number of nitrogens with two attached hydrogens (primary N) is 1. The lowest BCUT2D eigenvalue weighted by Crippen LogP contribution is -2.24. The highest BCUT2D eigenvalue weighted by atomic mass is 35.5. The summed E-state index contributed by atoms with van der Waals surface area (Å²) in [6.07, 6.45) is 0. The lowest BCUT2D eigenvalue weighted by molar-refractivity contribution is -0.132. The Hall–Kier alpha value is -1.59. The monoisotopic (exact) mass is 285 g/mol. The molecule has 0 spiro atoms. The van der Waals surface area contributed by atoms with Crippen LogP contribution in [0.1, 0.15) is 31.1 Å². The van der Waals surface area contributed by atoms with E-state index in [0.717, 1.165) is 0 Å². The van der Waals surface area contributed by atoms with Crippen LogP contribution in [0, 0.1) is 0 Å². The molecule has 0 bridgehead atoms. The number of hydrogen-bond donors (Lipinski definition) is 1. The van der Waals surface area contributed by atoms with Crippen LogP contribution in [0.5, 0.6) is 5.75 Å². The zero-order valence-electron chi connectivity index (χ0n) is 11.0. The van der Waals surface area contributed by atoms with Crippen LogP contribution in [0.3, 0.4) is 0 Å². The standard InChI is InChI=1S/C13H16ClNO4/c1-13(2,3)19-12(17)8-5-4-6-9(11(8)14)18-10(16)7-15/h4-6H,7,15H2,1-3H3. The van der Waals surface area contributed by atoms with Crippen LogP contribution in [-0.2, 0) is 9.53 Å². The molecule has 6 heteroatoms. The van der Waals surface area contributed by atoms with Gasteiger partial charge in [0, 0.05) is 0 Å². The van der Waals surface area contributed by atoms with Crippen molar-refractivity contribution in [3.8, 4) is 5.75 Å². The van der Waals surface area contributed by atoms with E-state index < -0.39 is 17.5 Å². The summed E-state index contributed by atoms with van der Waals surface area (Å²) in [5.74, 6) is -1.13. The maximum absolute atomic E-state index is 11.9. The third-order valence-corrected chi connectivity index (χ3v) is 2.36. The van der Waals surface area contributed by atoms with Crippen LogP contribution >= 0.6 is 11.6 Å². The van der Waals surface area contributed by atoms with Crippen molar-refractivity contribution in [2.75, 3.05) is 6.54 Å². The van der Waals surface area contributed by atoms with E-state index in [4.69, 9.17) is 26.8 Å². The minimum absolute atomic E-state index is 0.0264. The van der Waals surface area contributed by atoms with Gasteiger partial charge in [-0.3, -0.25) is 4.79 Å². The van der Waals surface area contributed by atoms with Crippen molar-refractivity contribution in [1.82, 2.24) is 0 Å². The lowest BCUT2D eigenvalue weighted by atomic mass is 10.1. The minimum Gasteiger partial charge on any atom is -0.456 e. The summed E-state index contributed by atoms with van der Waals surface area (Å²) in [6.45, 7) is 4.97. The Morgan fingerprint density at radius 1 is 1.32 bits per heavy atom. The molecular weight excluding hydrogens is 270 g/mol. The van der Waals surface area contributed by atoms with Crippen molar-refractivity contribution < 1.29 is 19.1 Å². The van der Waals surface area contributed by atoms with E-state index in [1.165, 1.54) is 12.1 Å². The van der Waals surface area contributed by atoms with Crippen molar-refractivity contribution in [2.24, 2.45) is 5.73 Å². The molecular formula is C13H16ClNO4.